The van der Waals surface area contributed by atoms with Gasteiger partial charge >= 0.3 is 12.1 Å². The van der Waals surface area contributed by atoms with Crippen LogP contribution in [-0.2, 0) is 15.7 Å². The summed E-state index contributed by atoms with van der Waals surface area (Å²) in [6.07, 6.45) is -0.0397. The maximum absolute atomic E-state index is 13.9. The highest BCUT2D eigenvalue weighted by Gasteiger charge is 2.32. The lowest BCUT2D eigenvalue weighted by molar-refractivity contribution is -0.149. The van der Waals surface area contributed by atoms with Gasteiger partial charge in [-0.15, -0.1) is 0 Å². The molecule has 2 aliphatic heterocycles. The fourth-order valence-electron chi connectivity index (χ4n) is 5.37. The summed E-state index contributed by atoms with van der Waals surface area (Å²) in [4.78, 5) is 36.8. The standard InChI is InChI=1S/C31H34F3N5O4/c1-3-42-30(41)20-12-15-39(16-13-20)29(40)24-17-23(43-22-8-6-21(7-9-22)31(32,33)34)10-11-27(24)38-26-5-4-14-35-28-25(26)18-36-19(2)37-28/h6-11,17-18,20,26,38H,3-5,12-16H2,1-2H3,(H,35,36,37). The molecule has 1 fully saturated rings. The molecule has 3 heterocycles. The third kappa shape index (κ3) is 7.18. The second-order valence-electron chi connectivity index (χ2n) is 10.6. The van der Waals surface area contributed by atoms with Gasteiger partial charge in [-0.1, -0.05) is 0 Å². The number of aryl methyl sites for hydroxylation is 1. The number of hydrogen-bond donors (Lipinski definition) is 2. The van der Waals surface area contributed by atoms with Crippen LogP contribution in [0.5, 0.6) is 11.5 Å². The van der Waals surface area contributed by atoms with Gasteiger partial charge in [0.25, 0.3) is 5.91 Å². The molecule has 1 atom stereocenters. The first-order valence-electron chi connectivity index (χ1n) is 14.4. The van der Waals surface area contributed by atoms with Crippen molar-refractivity contribution in [2.24, 2.45) is 5.92 Å². The summed E-state index contributed by atoms with van der Waals surface area (Å²) in [5.41, 5.74) is 1.04. The number of halogens is 3. The number of ether oxygens (including phenoxy) is 2. The zero-order valence-electron chi connectivity index (χ0n) is 24.0. The lowest BCUT2D eigenvalue weighted by atomic mass is 9.96. The minimum atomic E-state index is -4.46. The van der Waals surface area contributed by atoms with Crippen molar-refractivity contribution in [3.05, 3.63) is 71.2 Å². The molecule has 0 aliphatic carbocycles. The maximum atomic E-state index is 13.9. The van der Waals surface area contributed by atoms with Crippen LogP contribution in [0.25, 0.3) is 0 Å². The highest BCUT2D eigenvalue weighted by molar-refractivity contribution is 6.00. The minimum Gasteiger partial charge on any atom is -0.466 e. The SMILES string of the molecule is CCOC(=O)C1CCN(C(=O)c2cc(Oc3ccc(C(F)(F)F)cc3)ccc2NC2CCCNc3nc(C)ncc32)CC1. The Morgan fingerprint density at radius 2 is 1.79 bits per heavy atom. The lowest BCUT2D eigenvalue weighted by Gasteiger charge is -2.32. The Bertz CT molecular complexity index is 1460. The number of nitrogens with one attached hydrogen (secondary N) is 2. The van der Waals surface area contributed by atoms with E-state index in [4.69, 9.17) is 9.47 Å². The number of carbonyl (C=O) groups is 2. The molecule has 1 amide bonds. The summed E-state index contributed by atoms with van der Waals surface area (Å²) in [6.45, 7) is 5.42. The predicted octanol–water partition coefficient (Wildman–Crippen LogP) is 6.37. The second-order valence-corrected chi connectivity index (χ2v) is 10.6. The molecule has 9 nitrogen and oxygen atoms in total. The number of anilines is 2. The number of nitrogens with zero attached hydrogens (tertiary/aromatic N) is 3. The Morgan fingerprint density at radius 1 is 1.07 bits per heavy atom. The van der Waals surface area contributed by atoms with E-state index in [1.807, 2.05) is 6.92 Å². The maximum Gasteiger partial charge on any atom is 0.416 e. The Morgan fingerprint density at radius 3 is 2.49 bits per heavy atom. The van der Waals surface area contributed by atoms with Crippen LogP contribution in [0.2, 0.25) is 0 Å². The number of aromatic nitrogens is 2. The first kappa shape index (κ1) is 30.1. The van der Waals surface area contributed by atoms with Crippen LogP contribution < -0.4 is 15.4 Å². The van der Waals surface area contributed by atoms with Crippen LogP contribution in [0.15, 0.2) is 48.7 Å². The highest BCUT2D eigenvalue weighted by atomic mass is 19.4. The molecule has 5 rings (SSSR count). The van der Waals surface area contributed by atoms with Gasteiger partial charge in [0, 0.05) is 37.1 Å². The molecule has 1 unspecified atom stereocenters. The molecule has 0 spiro atoms. The van der Waals surface area contributed by atoms with E-state index in [2.05, 4.69) is 20.6 Å². The second kappa shape index (κ2) is 12.9. The molecule has 43 heavy (non-hydrogen) atoms. The number of fused-ring (bicyclic) bond motifs is 1. The number of piperidine rings is 1. The smallest absolute Gasteiger partial charge is 0.416 e. The Kier molecular flexibility index (Phi) is 9.02. The van der Waals surface area contributed by atoms with E-state index >= 15 is 0 Å². The minimum absolute atomic E-state index is 0.173. The van der Waals surface area contributed by atoms with Gasteiger partial charge in [-0.3, -0.25) is 9.59 Å². The predicted molar refractivity (Wildman–Crippen MR) is 154 cm³/mol. The summed E-state index contributed by atoms with van der Waals surface area (Å²) >= 11 is 0. The average Bonchev–Trinajstić information content (AvgIpc) is 3.19. The third-order valence-electron chi connectivity index (χ3n) is 7.65. The third-order valence-corrected chi connectivity index (χ3v) is 7.65. The molecular formula is C31H34F3N5O4. The summed E-state index contributed by atoms with van der Waals surface area (Å²) in [5.74, 6) is 1.17. The number of hydrogen-bond acceptors (Lipinski definition) is 8. The Balaban J connectivity index is 1.42. The van der Waals surface area contributed by atoms with Crippen molar-refractivity contribution in [1.82, 2.24) is 14.9 Å². The van der Waals surface area contributed by atoms with Crippen LogP contribution in [0.4, 0.5) is 24.7 Å². The van der Waals surface area contributed by atoms with Crippen LogP contribution in [-0.4, -0.2) is 53.0 Å². The zero-order chi connectivity index (χ0) is 30.6. The van der Waals surface area contributed by atoms with Gasteiger partial charge in [-0.2, -0.15) is 13.2 Å². The van der Waals surface area contributed by atoms with Gasteiger partial charge in [0.1, 0.15) is 23.1 Å². The van der Waals surface area contributed by atoms with Crippen LogP contribution >= 0.6 is 0 Å². The van der Waals surface area contributed by atoms with Crippen LogP contribution in [0.3, 0.4) is 0 Å². The number of amides is 1. The molecule has 0 radical (unpaired) electrons. The molecule has 2 N–H and O–H groups in total. The van der Waals surface area contributed by atoms with Crippen molar-refractivity contribution in [1.29, 1.82) is 0 Å². The summed E-state index contributed by atoms with van der Waals surface area (Å²) < 4.78 is 50.1. The number of benzene rings is 2. The first-order chi connectivity index (χ1) is 20.6. The molecule has 0 bridgehead atoms. The van der Waals surface area contributed by atoms with E-state index < -0.39 is 11.7 Å². The molecule has 2 aliphatic rings. The van der Waals surface area contributed by atoms with Gasteiger partial charge in [0.2, 0.25) is 0 Å². The zero-order valence-corrected chi connectivity index (χ0v) is 24.0. The normalized spacial score (nSPS) is 17.3. The molecule has 0 saturated carbocycles. The summed E-state index contributed by atoms with van der Waals surface area (Å²) in [5, 5.41) is 6.87. The fourth-order valence-corrected chi connectivity index (χ4v) is 5.37. The van der Waals surface area contributed by atoms with Gasteiger partial charge in [0.05, 0.1) is 29.7 Å². The Labute approximate surface area is 247 Å². The van der Waals surface area contributed by atoms with E-state index in [9.17, 15) is 22.8 Å². The lowest BCUT2D eigenvalue weighted by Crippen LogP contribution is -2.41. The van der Waals surface area contributed by atoms with E-state index in [0.717, 1.165) is 42.9 Å². The quantitative estimate of drug-likeness (QED) is 0.303. The molecule has 228 valence electrons. The monoisotopic (exact) mass is 597 g/mol. The van der Waals surface area contributed by atoms with Crippen molar-refractivity contribution in [2.75, 3.05) is 36.9 Å². The molecule has 2 aromatic carbocycles. The van der Waals surface area contributed by atoms with Gasteiger partial charge < -0.3 is 25.0 Å². The van der Waals surface area contributed by atoms with Crippen molar-refractivity contribution < 1.29 is 32.2 Å². The number of esters is 1. The molecule has 12 heteroatoms. The summed E-state index contributed by atoms with van der Waals surface area (Å²) in [6, 6.07) is 9.23. The number of carbonyl (C=O) groups excluding carboxylic acids is 2. The molecule has 1 saturated heterocycles. The van der Waals surface area contributed by atoms with E-state index in [1.165, 1.54) is 12.1 Å². The molecule has 1 aromatic heterocycles. The topological polar surface area (TPSA) is 106 Å². The number of rotatable bonds is 7. The Hall–Kier alpha value is -4.35. The summed E-state index contributed by atoms with van der Waals surface area (Å²) in [7, 11) is 0. The molecular weight excluding hydrogens is 563 g/mol. The van der Waals surface area contributed by atoms with Gasteiger partial charge in [-0.05, 0) is 82.0 Å². The van der Waals surface area contributed by atoms with Gasteiger partial charge in [0.15, 0.2) is 0 Å². The largest absolute Gasteiger partial charge is 0.466 e. The van der Waals surface area contributed by atoms with Crippen molar-refractivity contribution in [3.8, 4) is 11.5 Å². The molecule has 3 aromatic rings. The van der Waals surface area contributed by atoms with E-state index in [0.29, 0.717) is 55.4 Å². The fraction of sp³-hybridized carbons (Fsp3) is 0.419. The number of likely N-dealkylation sites (tertiary alicyclic amines) is 1. The van der Waals surface area contributed by atoms with Crippen molar-refractivity contribution >= 4 is 23.4 Å². The van der Waals surface area contributed by atoms with Crippen LogP contribution in [0.1, 0.15) is 66.0 Å². The average molecular weight is 598 g/mol. The van der Waals surface area contributed by atoms with E-state index in [1.54, 1.807) is 36.2 Å². The van der Waals surface area contributed by atoms with Gasteiger partial charge in [-0.25, -0.2) is 9.97 Å². The van der Waals surface area contributed by atoms with Crippen LogP contribution in [0, 0.1) is 12.8 Å². The first-order valence-corrected chi connectivity index (χ1v) is 14.4. The van der Waals surface area contributed by atoms with Crippen molar-refractivity contribution in [3.63, 3.8) is 0 Å². The number of alkyl halides is 3. The highest BCUT2D eigenvalue weighted by Crippen LogP contribution is 2.36. The van der Waals surface area contributed by atoms with E-state index in [-0.39, 0.29) is 29.6 Å². The van der Waals surface area contributed by atoms with Crippen molar-refractivity contribution in [2.45, 2.75) is 51.7 Å².